The van der Waals surface area contributed by atoms with Gasteiger partial charge in [-0.1, -0.05) is 324 Å². The van der Waals surface area contributed by atoms with Crippen LogP contribution in [0.1, 0.15) is 362 Å². The van der Waals surface area contributed by atoms with Crippen molar-refractivity contribution >= 4 is 17.9 Å². The first-order valence-electron chi connectivity index (χ1n) is 31.8. The molecule has 0 aliphatic heterocycles. The van der Waals surface area contributed by atoms with Crippen molar-refractivity contribution in [2.24, 2.45) is 11.8 Å². The summed E-state index contributed by atoms with van der Waals surface area (Å²) in [6.07, 6.45) is 62.4. The highest BCUT2D eigenvalue weighted by atomic mass is 16.6. The van der Waals surface area contributed by atoms with Crippen LogP contribution in [0.5, 0.6) is 0 Å². The Labute approximate surface area is 438 Å². The topological polar surface area (TPSA) is 78.9 Å². The molecule has 6 nitrogen and oxygen atoms in total. The van der Waals surface area contributed by atoms with Gasteiger partial charge in [-0.3, -0.25) is 14.4 Å². The van der Waals surface area contributed by atoms with E-state index in [2.05, 4.69) is 34.6 Å². The van der Waals surface area contributed by atoms with Crippen molar-refractivity contribution in [2.45, 2.75) is 368 Å². The molecular formula is C64H124O6. The monoisotopic (exact) mass is 989 g/mol. The molecule has 0 heterocycles. The van der Waals surface area contributed by atoms with Crippen LogP contribution in [0.15, 0.2) is 0 Å². The average Bonchev–Trinajstić information content (AvgIpc) is 3.35. The molecule has 0 aliphatic rings. The molecule has 0 aromatic rings. The van der Waals surface area contributed by atoms with Gasteiger partial charge in [-0.25, -0.2) is 0 Å². The third-order valence-electron chi connectivity index (χ3n) is 15.1. The fraction of sp³-hybridized carbons (Fsp3) is 0.953. The lowest BCUT2D eigenvalue weighted by Gasteiger charge is -2.18. The Morgan fingerprint density at radius 1 is 0.300 bits per heavy atom. The second-order valence-corrected chi connectivity index (χ2v) is 22.8. The van der Waals surface area contributed by atoms with Crippen LogP contribution in [-0.4, -0.2) is 37.2 Å². The molecule has 6 heteroatoms. The van der Waals surface area contributed by atoms with Gasteiger partial charge < -0.3 is 14.2 Å². The fourth-order valence-electron chi connectivity index (χ4n) is 9.90. The van der Waals surface area contributed by atoms with Crippen molar-refractivity contribution in [1.29, 1.82) is 0 Å². The van der Waals surface area contributed by atoms with Gasteiger partial charge in [0.2, 0.25) is 0 Å². The number of carbonyl (C=O) groups is 3. The van der Waals surface area contributed by atoms with E-state index in [9.17, 15) is 14.4 Å². The second-order valence-electron chi connectivity index (χ2n) is 22.8. The van der Waals surface area contributed by atoms with Crippen LogP contribution in [0.4, 0.5) is 0 Å². The molecule has 0 fully saturated rings. The molecule has 0 aliphatic carbocycles. The average molecular weight is 990 g/mol. The van der Waals surface area contributed by atoms with E-state index in [1.807, 2.05) is 0 Å². The Kier molecular flexibility index (Phi) is 55.4. The number of hydrogen-bond acceptors (Lipinski definition) is 6. The first-order chi connectivity index (χ1) is 34.3. The normalized spacial score (nSPS) is 12.4. The van der Waals surface area contributed by atoms with Gasteiger partial charge in [-0.05, 0) is 31.1 Å². The Bertz CT molecular complexity index is 1070. The highest BCUT2D eigenvalue weighted by Crippen LogP contribution is 2.19. The van der Waals surface area contributed by atoms with Gasteiger partial charge in [-0.2, -0.15) is 0 Å². The summed E-state index contributed by atoms with van der Waals surface area (Å²) >= 11 is 0. The van der Waals surface area contributed by atoms with Gasteiger partial charge in [0, 0.05) is 19.3 Å². The Balaban J connectivity index is 4.23. The highest BCUT2D eigenvalue weighted by Gasteiger charge is 2.19. The molecule has 0 amide bonds. The predicted molar refractivity (Wildman–Crippen MR) is 303 cm³/mol. The molecule has 0 saturated heterocycles. The fourth-order valence-corrected chi connectivity index (χ4v) is 9.90. The van der Waals surface area contributed by atoms with Gasteiger partial charge in [0.15, 0.2) is 6.10 Å². The van der Waals surface area contributed by atoms with Crippen LogP contribution < -0.4 is 0 Å². The Morgan fingerprint density at radius 2 is 0.543 bits per heavy atom. The number of carbonyl (C=O) groups excluding carboxylic acids is 3. The minimum absolute atomic E-state index is 0.0619. The minimum atomic E-state index is -0.763. The van der Waals surface area contributed by atoms with Crippen molar-refractivity contribution in [3.05, 3.63) is 0 Å². The summed E-state index contributed by atoms with van der Waals surface area (Å²) in [7, 11) is 0. The van der Waals surface area contributed by atoms with Gasteiger partial charge in [0.1, 0.15) is 13.2 Å². The number of esters is 3. The van der Waals surface area contributed by atoms with Crippen molar-refractivity contribution in [2.75, 3.05) is 13.2 Å². The lowest BCUT2D eigenvalue weighted by molar-refractivity contribution is -0.167. The van der Waals surface area contributed by atoms with Gasteiger partial charge in [-0.15, -0.1) is 0 Å². The van der Waals surface area contributed by atoms with Crippen LogP contribution in [-0.2, 0) is 28.6 Å². The zero-order valence-corrected chi connectivity index (χ0v) is 48.2. The van der Waals surface area contributed by atoms with Crippen LogP contribution in [0.25, 0.3) is 0 Å². The van der Waals surface area contributed by atoms with E-state index in [1.165, 1.54) is 250 Å². The third kappa shape index (κ3) is 55.7. The van der Waals surface area contributed by atoms with E-state index in [0.717, 1.165) is 69.6 Å². The van der Waals surface area contributed by atoms with Crippen LogP contribution in [0, 0.1) is 11.8 Å². The Morgan fingerprint density at radius 3 is 0.814 bits per heavy atom. The summed E-state index contributed by atoms with van der Waals surface area (Å²) in [4.78, 5) is 38.3. The molecule has 416 valence electrons. The molecule has 0 spiro atoms. The quantitative estimate of drug-likeness (QED) is 0.0343. The molecule has 0 bridgehead atoms. The van der Waals surface area contributed by atoms with Crippen molar-refractivity contribution in [3.63, 3.8) is 0 Å². The zero-order chi connectivity index (χ0) is 51.1. The molecule has 0 N–H and O–H groups in total. The third-order valence-corrected chi connectivity index (χ3v) is 15.1. The van der Waals surface area contributed by atoms with Crippen LogP contribution in [0.2, 0.25) is 0 Å². The highest BCUT2D eigenvalue weighted by molar-refractivity contribution is 5.71. The molecule has 0 saturated carbocycles. The number of ether oxygens (including phenoxy) is 3. The largest absolute Gasteiger partial charge is 0.462 e. The maximum atomic E-state index is 12.9. The summed E-state index contributed by atoms with van der Waals surface area (Å²) in [5, 5.41) is 0. The van der Waals surface area contributed by atoms with Gasteiger partial charge in [0.25, 0.3) is 0 Å². The van der Waals surface area contributed by atoms with E-state index >= 15 is 0 Å². The summed E-state index contributed by atoms with van der Waals surface area (Å²) in [6, 6.07) is 0. The molecular weight excluding hydrogens is 865 g/mol. The second kappa shape index (κ2) is 56.7. The predicted octanol–water partition coefficient (Wildman–Crippen LogP) is 21.2. The maximum Gasteiger partial charge on any atom is 0.306 e. The van der Waals surface area contributed by atoms with Crippen molar-refractivity contribution in [1.82, 2.24) is 0 Å². The summed E-state index contributed by atoms with van der Waals surface area (Å²) in [5.74, 6) is 0.923. The first kappa shape index (κ1) is 68.4. The summed E-state index contributed by atoms with van der Waals surface area (Å²) in [5.41, 5.74) is 0. The molecule has 70 heavy (non-hydrogen) atoms. The molecule has 0 aromatic carbocycles. The van der Waals surface area contributed by atoms with E-state index < -0.39 is 6.10 Å². The standard InChI is InChI=1S/C64H124O6/c1-6-8-9-10-11-12-13-22-31-36-41-46-51-56-64(67)70-61(58-69-63(66)55-50-45-40-35-30-26-21-20-23-27-32-37-42-47-52-59(3)4)57-68-62(65)54-49-44-39-34-29-25-19-17-15-14-16-18-24-28-33-38-43-48-53-60(5)7-2/h59-61H,6-58H2,1-5H3/t60?,61-/m1/s1. The number of hydrogen-bond donors (Lipinski definition) is 0. The zero-order valence-electron chi connectivity index (χ0n) is 48.2. The summed E-state index contributed by atoms with van der Waals surface area (Å²) in [6.45, 7) is 11.5. The lowest BCUT2D eigenvalue weighted by Crippen LogP contribution is -2.30. The summed E-state index contributed by atoms with van der Waals surface area (Å²) < 4.78 is 16.9. The molecule has 2 atom stereocenters. The molecule has 1 unspecified atom stereocenters. The van der Waals surface area contributed by atoms with Gasteiger partial charge in [0.05, 0.1) is 0 Å². The number of unbranched alkanes of at least 4 members (excludes halogenated alkanes) is 42. The van der Waals surface area contributed by atoms with E-state index in [1.54, 1.807) is 0 Å². The van der Waals surface area contributed by atoms with Crippen LogP contribution in [0.3, 0.4) is 0 Å². The van der Waals surface area contributed by atoms with E-state index in [0.29, 0.717) is 19.3 Å². The van der Waals surface area contributed by atoms with Gasteiger partial charge >= 0.3 is 17.9 Å². The molecule has 0 aromatic heterocycles. The van der Waals surface area contributed by atoms with E-state index in [4.69, 9.17) is 14.2 Å². The lowest BCUT2D eigenvalue weighted by atomic mass is 9.99. The van der Waals surface area contributed by atoms with E-state index in [-0.39, 0.29) is 31.1 Å². The maximum absolute atomic E-state index is 12.9. The smallest absolute Gasteiger partial charge is 0.306 e. The Hall–Kier alpha value is -1.59. The first-order valence-corrected chi connectivity index (χ1v) is 31.8. The molecule has 0 radical (unpaired) electrons. The molecule has 0 rings (SSSR count). The van der Waals surface area contributed by atoms with Crippen LogP contribution >= 0.6 is 0 Å². The SMILES string of the molecule is CCCCCCCCCCCCCCCC(=O)O[C@H](COC(=O)CCCCCCCCCCCCCCCCCCCCC(C)CC)COC(=O)CCCCCCCCCCCCCCCCC(C)C. The minimum Gasteiger partial charge on any atom is -0.462 e. The van der Waals surface area contributed by atoms with Crippen molar-refractivity contribution < 1.29 is 28.6 Å². The van der Waals surface area contributed by atoms with Crippen molar-refractivity contribution in [3.8, 4) is 0 Å². The number of rotatable bonds is 58.